The van der Waals surface area contributed by atoms with Crippen molar-refractivity contribution >= 4 is 23.2 Å². The second kappa shape index (κ2) is 12.3. The number of nitrogens with zero attached hydrogens (tertiary/aromatic N) is 6. The maximum Gasteiger partial charge on any atom is 0.251 e. The van der Waals surface area contributed by atoms with Crippen LogP contribution in [0.3, 0.4) is 0 Å². The zero-order valence-corrected chi connectivity index (χ0v) is 23.8. The molecule has 3 heterocycles. The van der Waals surface area contributed by atoms with Crippen LogP contribution < -0.4 is 15.1 Å². The van der Waals surface area contributed by atoms with Gasteiger partial charge in [0.2, 0.25) is 11.7 Å². The van der Waals surface area contributed by atoms with E-state index in [2.05, 4.69) is 20.7 Å². The number of aryl methyl sites for hydroxylation is 2. The summed E-state index contributed by atoms with van der Waals surface area (Å²) in [6.45, 7) is 4.60. The summed E-state index contributed by atoms with van der Waals surface area (Å²) < 4.78 is 11.3. The standard InChI is InChI=1S/C30H35N7O4/c1-20-7-5-8-24(17-20)37(27(38)19-36-33-29(32-34-36)26-15-10-21(2)41-26)28(22-11-13-23(14-12-22)35(3)4)30(39)31-18-25-9-6-16-40-25/h5,7-8,10-15,17,25,28H,6,9,16,18-19H2,1-4H3,(H,31,39)/t25-,28+/m1/s1. The Labute approximate surface area is 239 Å². The van der Waals surface area contributed by atoms with E-state index < -0.39 is 6.04 Å². The van der Waals surface area contributed by atoms with Crippen LogP contribution in [0, 0.1) is 13.8 Å². The Balaban J connectivity index is 1.50. The predicted molar refractivity (Wildman–Crippen MR) is 154 cm³/mol. The molecule has 214 valence electrons. The molecule has 0 aliphatic carbocycles. The molecule has 0 spiro atoms. The summed E-state index contributed by atoms with van der Waals surface area (Å²) in [5.74, 6) is 0.785. The van der Waals surface area contributed by atoms with Crippen molar-refractivity contribution in [3.05, 3.63) is 77.6 Å². The highest BCUT2D eigenvalue weighted by Crippen LogP contribution is 2.30. The monoisotopic (exact) mass is 557 g/mol. The number of anilines is 2. The fraction of sp³-hybridized carbons (Fsp3) is 0.367. The third-order valence-electron chi connectivity index (χ3n) is 7.00. The Kier molecular flexibility index (Phi) is 8.44. The average molecular weight is 558 g/mol. The summed E-state index contributed by atoms with van der Waals surface area (Å²) in [6.07, 6.45) is 1.81. The van der Waals surface area contributed by atoms with Gasteiger partial charge in [-0.15, -0.1) is 10.2 Å². The van der Waals surface area contributed by atoms with Crippen molar-refractivity contribution in [3.63, 3.8) is 0 Å². The molecule has 2 amide bonds. The molecule has 11 nitrogen and oxygen atoms in total. The van der Waals surface area contributed by atoms with E-state index in [4.69, 9.17) is 9.15 Å². The summed E-state index contributed by atoms with van der Waals surface area (Å²) in [6, 6.07) is 17.8. The normalized spacial score (nSPS) is 15.5. The Hall–Kier alpha value is -4.51. The van der Waals surface area contributed by atoms with Crippen LogP contribution in [0.4, 0.5) is 11.4 Å². The molecule has 1 aliphatic rings. The number of hydrogen-bond donors (Lipinski definition) is 1. The number of benzene rings is 2. The van der Waals surface area contributed by atoms with Crippen molar-refractivity contribution in [1.29, 1.82) is 0 Å². The van der Waals surface area contributed by atoms with Crippen LogP contribution in [0.25, 0.3) is 11.6 Å². The van der Waals surface area contributed by atoms with E-state index in [0.717, 1.165) is 29.9 Å². The highest BCUT2D eigenvalue weighted by Gasteiger charge is 2.34. The fourth-order valence-corrected chi connectivity index (χ4v) is 4.86. The van der Waals surface area contributed by atoms with Gasteiger partial charge in [0, 0.05) is 38.6 Å². The molecular formula is C30H35N7O4. The Morgan fingerprint density at radius 1 is 1.07 bits per heavy atom. The summed E-state index contributed by atoms with van der Waals surface area (Å²) in [7, 11) is 3.90. The van der Waals surface area contributed by atoms with Crippen LogP contribution in [-0.2, 0) is 20.9 Å². The lowest BCUT2D eigenvalue weighted by Gasteiger charge is -2.32. The van der Waals surface area contributed by atoms with Gasteiger partial charge in [-0.25, -0.2) is 0 Å². The van der Waals surface area contributed by atoms with E-state index in [1.165, 1.54) is 9.70 Å². The minimum Gasteiger partial charge on any atom is -0.458 e. The Bertz CT molecular complexity index is 1490. The molecule has 2 aromatic heterocycles. The number of furan rings is 1. The Morgan fingerprint density at radius 2 is 1.88 bits per heavy atom. The largest absolute Gasteiger partial charge is 0.458 e. The van der Waals surface area contributed by atoms with Gasteiger partial charge in [0.25, 0.3) is 5.91 Å². The molecule has 1 saturated heterocycles. The first-order valence-electron chi connectivity index (χ1n) is 13.7. The van der Waals surface area contributed by atoms with Crippen molar-refractivity contribution < 1.29 is 18.7 Å². The number of ether oxygens (including phenoxy) is 1. The van der Waals surface area contributed by atoms with E-state index in [-0.39, 0.29) is 30.3 Å². The number of carbonyl (C=O) groups is 2. The first-order valence-corrected chi connectivity index (χ1v) is 13.7. The first-order chi connectivity index (χ1) is 19.8. The molecule has 41 heavy (non-hydrogen) atoms. The highest BCUT2D eigenvalue weighted by atomic mass is 16.5. The molecule has 2 atom stereocenters. The zero-order chi connectivity index (χ0) is 28.9. The molecule has 1 N–H and O–H groups in total. The smallest absolute Gasteiger partial charge is 0.251 e. The van der Waals surface area contributed by atoms with E-state index in [9.17, 15) is 9.59 Å². The summed E-state index contributed by atoms with van der Waals surface area (Å²) in [4.78, 5) is 32.7. The third kappa shape index (κ3) is 6.63. The van der Waals surface area contributed by atoms with Crippen molar-refractivity contribution in [2.45, 2.75) is 45.4 Å². The van der Waals surface area contributed by atoms with Crippen LogP contribution in [0.2, 0.25) is 0 Å². The first kappa shape index (κ1) is 28.0. The molecule has 0 unspecified atom stereocenters. The lowest BCUT2D eigenvalue weighted by Crippen LogP contribution is -2.46. The molecule has 0 saturated carbocycles. The molecule has 1 aliphatic heterocycles. The molecule has 1 fully saturated rings. The number of tetrazole rings is 1. The van der Waals surface area contributed by atoms with Crippen LogP contribution in [0.15, 0.2) is 65.1 Å². The summed E-state index contributed by atoms with van der Waals surface area (Å²) in [5, 5.41) is 15.5. The van der Waals surface area contributed by atoms with Gasteiger partial charge < -0.3 is 19.4 Å². The topological polar surface area (TPSA) is 119 Å². The maximum absolute atomic E-state index is 14.1. The van der Waals surface area contributed by atoms with Crippen LogP contribution in [0.1, 0.15) is 35.8 Å². The predicted octanol–water partition coefficient (Wildman–Crippen LogP) is 3.69. The van der Waals surface area contributed by atoms with Crippen molar-refractivity contribution in [2.24, 2.45) is 0 Å². The van der Waals surface area contributed by atoms with Gasteiger partial charge >= 0.3 is 0 Å². The fourth-order valence-electron chi connectivity index (χ4n) is 4.86. The van der Waals surface area contributed by atoms with E-state index in [1.54, 1.807) is 6.07 Å². The van der Waals surface area contributed by atoms with Crippen LogP contribution >= 0.6 is 0 Å². The van der Waals surface area contributed by atoms with Gasteiger partial charge in [0.15, 0.2) is 5.76 Å². The summed E-state index contributed by atoms with van der Waals surface area (Å²) >= 11 is 0. The van der Waals surface area contributed by atoms with Gasteiger partial charge in [-0.2, -0.15) is 4.80 Å². The number of carbonyl (C=O) groups excluding carboxylic acids is 2. The molecule has 0 bridgehead atoms. The number of rotatable bonds is 10. The number of nitrogens with one attached hydrogen (secondary N) is 1. The molecule has 0 radical (unpaired) electrons. The Morgan fingerprint density at radius 3 is 2.54 bits per heavy atom. The quantitative estimate of drug-likeness (QED) is 0.314. The minimum absolute atomic E-state index is 0.0400. The van der Waals surface area contributed by atoms with Crippen molar-refractivity contribution in [2.75, 3.05) is 37.0 Å². The molecule has 5 rings (SSSR count). The van der Waals surface area contributed by atoms with Gasteiger partial charge in [-0.1, -0.05) is 24.3 Å². The van der Waals surface area contributed by atoms with Crippen LogP contribution in [-0.4, -0.2) is 65.4 Å². The van der Waals surface area contributed by atoms with Crippen LogP contribution in [0.5, 0.6) is 0 Å². The second-order valence-electron chi connectivity index (χ2n) is 10.4. The SMILES string of the molecule is Cc1cccc(N(C(=O)Cn2nnc(-c3ccc(C)o3)n2)[C@H](C(=O)NC[C@H]2CCCO2)c2ccc(N(C)C)cc2)c1. The van der Waals surface area contributed by atoms with Gasteiger partial charge in [0.1, 0.15) is 18.3 Å². The lowest BCUT2D eigenvalue weighted by atomic mass is 10.0. The number of amides is 2. The number of hydrogen-bond acceptors (Lipinski definition) is 8. The molecule has 2 aromatic carbocycles. The second-order valence-corrected chi connectivity index (χ2v) is 10.4. The van der Waals surface area contributed by atoms with E-state index in [0.29, 0.717) is 30.2 Å². The van der Waals surface area contributed by atoms with Crippen molar-refractivity contribution in [1.82, 2.24) is 25.5 Å². The number of aromatic nitrogens is 4. The maximum atomic E-state index is 14.1. The van der Waals surface area contributed by atoms with E-state index in [1.807, 2.05) is 87.4 Å². The molecule has 11 heteroatoms. The average Bonchev–Trinajstić information content (AvgIpc) is 3.73. The van der Waals surface area contributed by atoms with Gasteiger partial charge in [-0.3, -0.25) is 14.5 Å². The summed E-state index contributed by atoms with van der Waals surface area (Å²) in [5.41, 5.74) is 3.20. The van der Waals surface area contributed by atoms with E-state index >= 15 is 0 Å². The molecular weight excluding hydrogens is 522 g/mol. The van der Waals surface area contributed by atoms with Crippen molar-refractivity contribution in [3.8, 4) is 11.6 Å². The van der Waals surface area contributed by atoms with Gasteiger partial charge in [0.05, 0.1) is 6.10 Å². The molecule has 4 aromatic rings. The van der Waals surface area contributed by atoms with Gasteiger partial charge in [-0.05, 0) is 79.4 Å². The minimum atomic E-state index is -0.947. The third-order valence-corrected chi connectivity index (χ3v) is 7.00. The highest BCUT2D eigenvalue weighted by molar-refractivity contribution is 6.01. The lowest BCUT2D eigenvalue weighted by molar-refractivity contribution is -0.127. The zero-order valence-electron chi connectivity index (χ0n) is 23.8.